The molecule has 0 atom stereocenters. The molecule has 0 unspecified atom stereocenters. The van der Waals surface area contributed by atoms with Gasteiger partial charge in [0.2, 0.25) is 0 Å². The molecule has 97 valence electrons. The van der Waals surface area contributed by atoms with Crippen molar-refractivity contribution in [2.45, 2.75) is 0 Å². The van der Waals surface area contributed by atoms with Crippen molar-refractivity contribution in [1.82, 2.24) is 0 Å². The average Bonchev–Trinajstić information content (AvgIpc) is 1.87. The Balaban J connectivity index is -0.0000000370. The second-order valence-electron chi connectivity index (χ2n) is 1.41. The summed E-state index contributed by atoms with van der Waals surface area (Å²) < 4.78 is 0. The molecule has 0 aliphatic rings. The van der Waals surface area contributed by atoms with Crippen molar-refractivity contribution in [2.24, 2.45) is 11.8 Å². The van der Waals surface area contributed by atoms with Crippen LogP contribution in [0.5, 0.6) is 0 Å². The monoisotopic (exact) mass is 283 g/mol. The summed E-state index contributed by atoms with van der Waals surface area (Å²) in [6.07, 6.45) is 0. The first-order valence-corrected chi connectivity index (χ1v) is 2.61. The summed E-state index contributed by atoms with van der Waals surface area (Å²) in [4.78, 5) is 26.2. The Hall–Kier alpha value is -0.781. The number of hydrogen-bond acceptors (Lipinski definition) is 6. The van der Waals surface area contributed by atoms with E-state index < -0.39 is 25.2 Å². The van der Waals surface area contributed by atoms with Crippen molar-refractivity contribution in [1.29, 1.82) is 0 Å². The third-order valence-corrected chi connectivity index (χ3v) is 0.414. The van der Waals surface area contributed by atoms with Crippen molar-refractivity contribution in [2.75, 3.05) is 13.2 Å². The number of hydrogen-bond donors (Lipinski definition) is 4. The molecule has 0 bridgehead atoms. The van der Waals surface area contributed by atoms with Gasteiger partial charge in [0.05, 0.1) is 0 Å². The first-order valence-electron chi connectivity index (χ1n) is 2.61. The van der Waals surface area contributed by atoms with Gasteiger partial charge in [0.25, 0.3) is 0 Å². The van der Waals surface area contributed by atoms with Gasteiger partial charge in [-0.25, -0.2) is 21.4 Å². The molecule has 11 heteroatoms. The van der Waals surface area contributed by atoms with E-state index in [4.69, 9.17) is 10.2 Å². The zero-order valence-electron chi connectivity index (χ0n) is 7.55. The molecule has 0 aromatic rings. The van der Waals surface area contributed by atoms with Gasteiger partial charge in [-0.1, -0.05) is 0 Å². The van der Waals surface area contributed by atoms with E-state index >= 15 is 0 Å². The van der Waals surface area contributed by atoms with E-state index in [-0.39, 0.29) is 28.0 Å². The maximum atomic E-state index is 9.39. The van der Waals surface area contributed by atoms with Gasteiger partial charge in [0.1, 0.15) is 0 Å². The van der Waals surface area contributed by atoms with Crippen LogP contribution in [0.4, 0.5) is 0 Å². The molecule has 0 spiro atoms. The van der Waals surface area contributed by atoms with Crippen LogP contribution in [0.3, 0.4) is 0 Å². The number of nitrogens with two attached hydrogens (primary N) is 2. The molecule has 0 aromatic carbocycles. The van der Waals surface area contributed by atoms with Crippen molar-refractivity contribution < 1.29 is 57.5 Å². The molecule has 0 amide bonds. The van der Waals surface area contributed by atoms with Gasteiger partial charge in [-0.05, 0) is 0 Å². The van der Waals surface area contributed by atoms with Crippen LogP contribution in [0.1, 0.15) is 0 Å². The molecule has 0 fully saturated rings. The third kappa shape index (κ3) is 61.1. The Morgan fingerprint density at radius 2 is 1.13 bits per heavy atom. The average molecular weight is 284 g/mol. The number of aliphatic carboxylic acids is 2. The van der Waals surface area contributed by atoms with Gasteiger partial charge >= 0.3 is 29.0 Å². The van der Waals surface area contributed by atoms with Gasteiger partial charge in [-0.3, -0.25) is 9.68 Å². The van der Waals surface area contributed by atoms with Crippen molar-refractivity contribution in [3.05, 3.63) is 0 Å². The predicted octanol–water partition coefficient (Wildman–Crippen LogP) is -3.92. The van der Waals surface area contributed by atoms with E-state index in [2.05, 4.69) is 21.5 Å². The van der Waals surface area contributed by atoms with E-state index in [9.17, 15) is 9.59 Å². The van der Waals surface area contributed by atoms with Gasteiger partial charge < -0.3 is 21.2 Å². The van der Waals surface area contributed by atoms with Crippen LogP contribution in [0.15, 0.2) is 0 Å². The fraction of sp³-hybridized carbons (Fsp3) is 0.500. The van der Waals surface area contributed by atoms with Crippen LogP contribution < -0.4 is 11.8 Å². The SMILES string of the molecule is NOCC(=O)O.NOCC(=O)O.[Cu+2].[OH3+].[OH3+]. The zero-order chi connectivity index (χ0) is 9.98. The van der Waals surface area contributed by atoms with E-state index in [1.807, 2.05) is 0 Å². The molecule has 10 nitrogen and oxygen atoms in total. The minimum Gasteiger partial charge on any atom is -0.479 e. The van der Waals surface area contributed by atoms with Crippen LogP contribution in [0.2, 0.25) is 0 Å². The largest absolute Gasteiger partial charge is 2.00 e. The topological polar surface area (TPSA) is 211 Å². The van der Waals surface area contributed by atoms with E-state index in [1.165, 1.54) is 0 Å². The Bertz CT molecular complexity index is 129. The Morgan fingerprint density at radius 1 is 0.933 bits per heavy atom. The Labute approximate surface area is 95.1 Å². The predicted molar refractivity (Wildman–Crippen MR) is 45.3 cm³/mol. The molecule has 0 saturated carbocycles. The summed E-state index contributed by atoms with van der Waals surface area (Å²) in [5, 5.41) is 15.4. The van der Waals surface area contributed by atoms with E-state index in [0.29, 0.717) is 0 Å². The molecule has 0 heterocycles. The van der Waals surface area contributed by atoms with Crippen LogP contribution in [-0.4, -0.2) is 35.4 Å². The van der Waals surface area contributed by atoms with Crippen molar-refractivity contribution in [3.8, 4) is 0 Å². The van der Waals surface area contributed by atoms with Gasteiger partial charge in [-0.15, -0.1) is 0 Å². The number of carboxylic acids is 2. The minimum atomic E-state index is -1.06. The van der Waals surface area contributed by atoms with Gasteiger partial charge in [0, 0.05) is 0 Å². The molecule has 0 rings (SSSR count). The normalized spacial score (nSPS) is 6.53. The Morgan fingerprint density at radius 3 is 1.13 bits per heavy atom. The Kier molecular flexibility index (Phi) is 45.3. The minimum absolute atomic E-state index is 0. The molecule has 0 aromatic heterocycles. The second-order valence-corrected chi connectivity index (χ2v) is 1.41. The van der Waals surface area contributed by atoms with Crippen LogP contribution in [0.25, 0.3) is 0 Å². The second kappa shape index (κ2) is 23.2. The number of carboxylic acid groups (broad SMARTS) is 2. The fourth-order valence-corrected chi connectivity index (χ4v) is 0.143. The molecule has 15 heavy (non-hydrogen) atoms. The summed E-state index contributed by atoms with van der Waals surface area (Å²) in [7, 11) is 0. The smallest absolute Gasteiger partial charge is 0.479 e. The fourth-order valence-electron chi connectivity index (χ4n) is 0.143. The number of carbonyl (C=O) groups is 2. The van der Waals surface area contributed by atoms with E-state index in [0.717, 1.165) is 0 Å². The molecule has 0 aliphatic heterocycles. The van der Waals surface area contributed by atoms with Gasteiger partial charge in [-0.2, -0.15) is 0 Å². The van der Waals surface area contributed by atoms with E-state index in [1.54, 1.807) is 0 Å². The summed E-state index contributed by atoms with van der Waals surface area (Å²) in [6.45, 7) is -0.861. The molecular formula is C4H16CuN2O8+4. The molecule has 1 radical (unpaired) electrons. The molecular weight excluding hydrogens is 268 g/mol. The summed E-state index contributed by atoms with van der Waals surface area (Å²) >= 11 is 0. The summed E-state index contributed by atoms with van der Waals surface area (Å²) in [5.74, 6) is 6.58. The molecule has 12 N–H and O–H groups in total. The summed E-state index contributed by atoms with van der Waals surface area (Å²) in [6, 6.07) is 0. The first kappa shape index (κ1) is 29.2. The zero-order valence-corrected chi connectivity index (χ0v) is 8.49. The van der Waals surface area contributed by atoms with Crippen molar-refractivity contribution in [3.63, 3.8) is 0 Å². The first-order chi connectivity index (χ1) is 5.54. The van der Waals surface area contributed by atoms with Crippen LogP contribution in [-0.2, 0) is 47.3 Å². The quantitative estimate of drug-likeness (QED) is 0.226. The van der Waals surface area contributed by atoms with Gasteiger partial charge in [0.15, 0.2) is 13.2 Å². The summed E-state index contributed by atoms with van der Waals surface area (Å²) in [5.41, 5.74) is 0. The number of rotatable bonds is 4. The molecule has 0 saturated heterocycles. The maximum Gasteiger partial charge on any atom is 2.00 e. The standard InChI is InChI=1S/2C2H5NO3.Cu.2H2O/c2*3-6-1-2(4)5;;;/h2*1,3H2,(H,4,5);;2*1H2/q;;+2;;/p+2. The molecule has 0 aliphatic carbocycles. The van der Waals surface area contributed by atoms with Crippen molar-refractivity contribution >= 4 is 11.9 Å². The maximum absolute atomic E-state index is 9.39. The van der Waals surface area contributed by atoms with Crippen LogP contribution >= 0.6 is 0 Å². The van der Waals surface area contributed by atoms with Crippen LogP contribution in [0, 0.1) is 0 Å². The third-order valence-electron chi connectivity index (χ3n) is 0.414.